The van der Waals surface area contributed by atoms with Gasteiger partial charge in [-0.15, -0.1) is 0 Å². The Bertz CT molecular complexity index is 839. The normalized spacial score (nSPS) is 10.3. The summed E-state index contributed by atoms with van der Waals surface area (Å²) in [6, 6.07) is 11.2. The van der Waals surface area contributed by atoms with Gasteiger partial charge in [-0.2, -0.15) is 4.98 Å². The molecule has 0 amide bonds. The minimum absolute atomic E-state index is 0.0976. The Balaban J connectivity index is 1.77. The molecule has 3 aromatic rings. The van der Waals surface area contributed by atoms with E-state index in [0.29, 0.717) is 18.2 Å². The second-order valence-electron chi connectivity index (χ2n) is 5.09. The van der Waals surface area contributed by atoms with Crippen molar-refractivity contribution in [2.75, 3.05) is 5.32 Å². The van der Waals surface area contributed by atoms with Gasteiger partial charge in [-0.1, -0.05) is 12.1 Å². The van der Waals surface area contributed by atoms with E-state index >= 15 is 0 Å². The third-order valence-corrected chi connectivity index (χ3v) is 3.30. The van der Waals surface area contributed by atoms with Crippen molar-refractivity contribution in [3.8, 4) is 11.4 Å². The maximum Gasteiger partial charge on any atom is 0.303 e. The predicted molar refractivity (Wildman–Crippen MR) is 88.7 cm³/mol. The van der Waals surface area contributed by atoms with Crippen molar-refractivity contribution in [1.29, 1.82) is 0 Å². The van der Waals surface area contributed by atoms with E-state index in [4.69, 9.17) is 5.11 Å². The number of nitrogens with zero attached hydrogens (tertiary/aromatic N) is 4. The fourth-order valence-electron chi connectivity index (χ4n) is 2.18. The van der Waals surface area contributed by atoms with Crippen LogP contribution in [0.25, 0.3) is 11.4 Å². The maximum absolute atomic E-state index is 10.7. The molecule has 0 saturated carbocycles. The molecule has 1 aromatic carbocycles. The standard InChI is InChI=1S/C17H15N5O2/c23-15(24)7-6-12-3-1-5-14(9-12)21-17-20-11-19-16(22-17)13-4-2-8-18-10-13/h1-5,8-11H,6-7H2,(H,23,24)(H,19,20,21,22). The van der Waals surface area contributed by atoms with Gasteiger partial charge < -0.3 is 10.4 Å². The number of pyridine rings is 1. The van der Waals surface area contributed by atoms with Gasteiger partial charge in [-0.05, 0) is 36.2 Å². The van der Waals surface area contributed by atoms with Crippen LogP contribution in [-0.4, -0.2) is 31.0 Å². The number of anilines is 2. The molecule has 2 heterocycles. The lowest BCUT2D eigenvalue weighted by Crippen LogP contribution is -2.01. The molecule has 0 radical (unpaired) electrons. The van der Waals surface area contributed by atoms with Crippen molar-refractivity contribution in [2.24, 2.45) is 0 Å². The first kappa shape index (κ1) is 15.5. The van der Waals surface area contributed by atoms with Gasteiger partial charge in [-0.25, -0.2) is 9.97 Å². The summed E-state index contributed by atoms with van der Waals surface area (Å²) in [6.07, 6.45) is 5.38. The van der Waals surface area contributed by atoms with Crippen molar-refractivity contribution in [3.63, 3.8) is 0 Å². The molecule has 0 fully saturated rings. The minimum Gasteiger partial charge on any atom is -0.481 e. The highest BCUT2D eigenvalue weighted by Crippen LogP contribution is 2.18. The van der Waals surface area contributed by atoms with E-state index in [2.05, 4.69) is 25.3 Å². The lowest BCUT2D eigenvalue weighted by Gasteiger charge is -2.07. The molecule has 24 heavy (non-hydrogen) atoms. The summed E-state index contributed by atoms with van der Waals surface area (Å²) in [4.78, 5) is 27.4. The second-order valence-corrected chi connectivity index (χ2v) is 5.09. The summed E-state index contributed by atoms with van der Waals surface area (Å²) >= 11 is 0. The van der Waals surface area contributed by atoms with E-state index in [0.717, 1.165) is 16.8 Å². The second kappa shape index (κ2) is 7.28. The zero-order valence-electron chi connectivity index (χ0n) is 12.8. The molecule has 0 aliphatic rings. The number of carboxylic acids is 1. The summed E-state index contributed by atoms with van der Waals surface area (Å²) in [5.41, 5.74) is 2.53. The van der Waals surface area contributed by atoms with Gasteiger partial charge in [0, 0.05) is 30.1 Å². The van der Waals surface area contributed by atoms with Crippen LogP contribution in [0.1, 0.15) is 12.0 Å². The molecule has 0 spiro atoms. The molecule has 7 nitrogen and oxygen atoms in total. The fraction of sp³-hybridized carbons (Fsp3) is 0.118. The fourth-order valence-corrected chi connectivity index (χ4v) is 2.18. The number of carboxylic acid groups (broad SMARTS) is 1. The van der Waals surface area contributed by atoms with Gasteiger partial charge in [-0.3, -0.25) is 9.78 Å². The monoisotopic (exact) mass is 321 g/mol. The summed E-state index contributed by atoms with van der Waals surface area (Å²) < 4.78 is 0. The molecule has 3 rings (SSSR count). The maximum atomic E-state index is 10.7. The number of benzene rings is 1. The number of nitrogens with one attached hydrogen (secondary N) is 1. The lowest BCUT2D eigenvalue weighted by atomic mass is 10.1. The minimum atomic E-state index is -0.813. The molecule has 2 aromatic heterocycles. The van der Waals surface area contributed by atoms with Gasteiger partial charge >= 0.3 is 5.97 Å². The predicted octanol–water partition coefficient (Wildman–Crippen LogP) is 2.69. The topological polar surface area (TPSA) is 101 Å². The van der Waals surface area contributed by atoms with E-state index in [9.17, 15) is 4.79 Å². The molecule has 0 aliphatic carbocycles. The van der Waals surface area contributed by atoms with Crippen LogP contribution in [-0.2, 0) is 11.2 Å². The highest BCUT2D eigenvalue weighted by atomic mass is 16.4. The van der Waals surface area contributed by atoms with Crippen molar-refractivity contribution < 1.29 is 9.90 Å². The number of hydrogen-bond donors (Lipinski definition) is 2. The smallest absolute Gasteiger partial charge is 0.303 e. The highest BCUT2D eigenvalue weighted by Gasteiger charge is 2.05. The Morgan fingerprint density at radius 2 is 2.08 bits per heavy atom. The zero-order valence-corrected chi connectivity index (χ0v) is 12.8. The van der Waals surface area contributed by atoms with Crippen molar-refractivity contribution >= 4 is 17.6 Å². The van der Waals surface area contributed by atoms with Gasteiger partial charge in [0.1, 0.15) is 6.33 Å². The van der Waals surface area contributed by atoms with E-state index in [1.54, 1.807) is 12.4 Å². The molecule has 0 bridgehead atoms. The first-order valence-electron chi connectivity index (χ1n) is 7.38. The number of hydrogen-bond acceptors (Lipinski definition) is 6. The van der Waals surface area contributed by atoms with Crippen LogP contribution in [0.2, 0.25) is 0 Å². The lowest BCUT2D eigenvalue weighted by molar-refractivity contribution is -0.136. The highest BCUT2D eigenvalue weighted by molar-refractivity contribution is 5.67. The molecule has 0 unspecified atom stereocenters. The van der Waals surface area contributed by atoms with Crippen molar-refractivity contribution in [2.45, 2.75) is 12.8 Å². The van der Waals surface area contributed by atoms with E-state index in [-0.39, 0.29) is 6.42 Å². The Hall–Kier alpha value is -3.35. The Morgan fingerprint density at radius 3 is 2.88 bits per heavy atom. The number of rotatable bonds is 6. The van der Waals surface area contributed by atoms with Crippen LogP contribution in [0.5, 0.6) is 0 Å². The Labute approximate surface area is 138 Å². The van der Waals surface area contributed by atoms with Crippen LogP contribution in [0, 0.1) is 0 Å². The molecule has 7 heteroatoms. The summed E-state index contributed by atoms with van der Waals surface area (Å²) in [5, 5.41) is 11.9. The number of aliphatic carboxylic acids is 1. The summed E-state index contributed by atoms with van der Waals surface area (Å²) in [7, 11) is 0. The molecule has 0 aliphatic heterocycles. The van der Waals surface area contributed by atoms with E-state index in [1.165, 1.54) is 6.33 Å². The number of aryl methyl sites for hydroxylation is 1. The largest absolute Gasteiger partial charge is 0.481 e. The average Bonchev–Trinajstić information content (AvgIpc) is 2.61. The molecule has 2 N–H and O–H groups in total. The van der Waals surface area contributed by atoms with E-state index < -0.39 is 5.97 Å². The molecule has 0 atom stereocenters. The quantitative estimate of drug-likeness (QED) is 0.719. The van der Waals surface area contributed by atoms with Crippen LogP contribution in [0.4, 0.5) is 11.6 Å². The third kappa shape index (κ3) is 4.10. The van der Waals surface area contributed by atoms with Gasteiger partial charge in [0.2, 0.25) is 5.95 Å². The third-order valence-electron chi connectivity index (χ3n) is 3.30. The zero-order chi connectivity index (χ0) is 16.8. The Kier molecular flexibility index (Phi) is 4.71. The van der Waals surface area contributed by atoms with Crippen LogP contribution in [0.3, 0.4) is 0 Å². The van der Waals surface area contributed by atoms with Crippen molar-refractivity contribution in [1.82, 2.24) is 19.9 Å². The van der Waals surface area contributed by atoms with Crippen LogP contribution < -0.4 is 5.32 Å². The molecule has 0 saturated heterocycles. The molecule has 120 valence electrons. The van der Waals surface area contributed by atoms with Crippen LogP contribution in [0.15, 0.2) is 55.1 Å². The van der Waals surface area contributed by atoms with Gasteiger partial charge in [0.15, 0.2) is 5.82 Å². The van der Waals surface area contributed by atoms with Gasteiger partial charge in [0.05, 0.1) is 0 Å². The SMILES string of the molecule is O=C(O)CCc1cccc(Nc2ncnc(-c3cccnc3)n2)c1. The Morgan fingerprint density at radius 1 is 1.17 bits per heavy atom. The average molecular weight is 321 g/mol. The van der Waals surface area contributed by atoms with Crippen molar-refractivity contribution in [3.05, 3.63) is 60.7 Å². The molecular formula is C17H15N5O2. The summed E-state index contributed by atoms with van der Waals surface area (Å²) in [5.74, 6) is 0.133. The number of aromatic nitrogens is 4. The first-order valence-corrected chi connectivity index (χ1v) is 7.38. The summed E-state index contributed by atoms with van der Waals surface area (Å²) in [6.45, 7) is 0. The van der Waals surface area contributed by atoms with Gasteiger partial charge in [0.25, 0.3) is 0 Å². The van der Waals surface area contributed by atoms with E-state index in [1.807, 2.05) is 36.4 Å². The molecular weight excluding hydrogens is 306 g/mol. The first-order chi connectivity index (χ1) is 11.7. The van der Waals surface area contributed by atoms with Crippen LogP contribution >= 0.6 is 0 Å². The number of carbonyl (C=O) groups is 1.